The van der Waals surface area contributed by atoms with Crippen LogP contribution in [-0.2, 0) is 26.2 Å². The second kappa shape index (κ2) is 11.3. The molecular weight excluding hydrogens is 445 g/mol. The highest BCUT2D eigenvalue weighted by atomic mass is 32.2. The lowest BCUT2D eigenvalue weighted by Crippen LogP contribution is -2.52. The minimum Gasteiger partial charge on any atom is -0.352 e. The summed E-state index contributed by atoms with van der Waals surface area (Å²) in [7, 11) is -3.77. The maximum Gasteiger partial charge on any atom is 0.244 e. The molecule has 0 saturated carbocycles. The summed E-state index contributed by atoms with van der Waals surface area (Å²) in [6, 6.07) is 11.5. The lowest BCUT2D eigenvalue weighted by Gasteiger charge is -2.32. The van der Waals surface area contributed by atoms with Crippen molar-refractivity contribution in [2.75, 3.05) is 17.1 Å². The highest BCUT2D eigenvalue weighted by molar-refractivity contribution is 7.92. The maximum atomic E-state index is 13.4. The molecule has 1 N–H and O–H groups in total. The zero-order valence-electron chi connectivity index (χ0n) is 19.7. The van der Waals surface area contributed by atoms with Crippen molar-refractivity contribution in [2.45, 2.75) is 52.7 Å². The average molecular weight is 478 g/mol. The van der Waals surface area contributed by atoms with Crippen molar-refractivity contribution in [3.8, 4) is 0 Å². The molecule has 0 unspecified atom stereocenters. The summed E-state index contributed by atoms with van der Waals surface area (Å²) in [6.07, 6.45) is 1.75. The van der Waals surface area contributed by atoms with Gasteiger partial charge in [0.05, 0.1) is 11.9 Å². The number of carbonyl (C=O) groups excluding carboxylic acids is 2. The van der Waals surface area contributed by atoms with Crippen LogP contribution in [-0.4, -0.2) is 50.0 Å². The van der Waals surface area contributed by atoms with Gasteiger partial charge in [-0.15, -0.1) is 0 Å². The third-order valence-corrected chi connectivity index (χ3v) is 6.58. The molecule has 0 fully saturated rings. The molecule has 9 heteroatoms. The summed E-state index contributed by atoms with van der Waals surface area (Å²) in [5.74, 6) is -1.31. The van der Waals surface area contributed by atoms with Gasteiger partial charge in [-0.2, -0.15) is 0 Å². The smallest absolute Gasteiger partial charge is 0.244 e. The molecule has 0 aromatic heterocycles. The van der Waals surface area contributed by atoms with Gasteiger partial charge in [0.15, 0.2) is 0 Å². The number of anilines is 1. The Hall–Kier alpha value is -2.94. The zero-order valence-corrected chi connectivity index (χ0v) is 20.5. The SMILES string of the molecule is CC[C@H](C)NC(=O)[C@@H](C)N(Cc1ccc(F)cc1)C(=O)CN(c1ccc(C)cc1)S(C)(=O)=O. The Morgan fingerprint density at radius 3 is 2.12 bits per heavy atom. The zero-order chi connectivity index (χ0) is 24.8. The summed E-state index contributed by atoms with van der Waals surface area (Å²) in [4.78, 5) is 27.5. The molecule has 0 aliphatic carbocycles. The fourth-order valence-electron chi connectivity index (χ4n) is 3.16. The van der Waals surface area contributed by atoms with E-state index < -0.39 is 34.3 Å². The van der Waals surface area contributed by atoms with Crippen LogP contribution in [0, 0.1) is 12.7 Å². The molecule has 2 aromatic rings. The number of halogens is 1. The highest BCUT2D eigenvalue weighted by Crippen LogP contribution is 2.20. The Morgan fingerprint density at radius 1 is 1.03 bits per heavy atom. The number of hydrogen-bond acceptors (Lipinski definition) is 4. The van der Waals surface area contributed by atoms with Crippen LogP contribution in [0.5, 0.6) is 0 Å². The van der Waals surface area contributed by atoms with Crippen LogP contribution in [0.3, 0.4) is 0 Å². The number of hydrogen-bond donors (Lipinski definition) is 1. The topological polar surface area (TPSA) is 86.8 Å². The van der Waals surface area contributed by atoms with Crippen LogP contribution in [0.1, 0.15) is 38.3 Å². The Labute approximate surface area is 195 Å². The molecule has 0 saturated heterocycles. The number of nitrogens with zero attached hydrogens (tertiary/aromatic N) is 2. The number of amides is 2. The van der Waals surface area contributed by atoms with Crippen LogP contribution in [0.15, 0.2) is 48.5 Å². The van der Waals surface area contributed by atoms with E-state index in [1.807, 2.05) is 20.8 Å². The van der Waals surface area contributed by atoms with E-state index in [1.165, 1.54) is 29.2 Å². The van der Waals surface area contributed by atoms with E-state index in [1.54, 1.807) is 31.2 Å². The van der Waals surface area contributed by atoms with Gasteiger partial charge in [-0.1, -0.05) is 36.8 Å². The van der Waals surface area contributed by atoms with Crippen molar-refractivity contribution in [3.63, 3.8) is 0 Å². The quantitative estimate of drug-likeness (QED) is 0.569. The predicted molar refractivity (Wildman–Crippen MR) is 128 cm³/mol. The molecule has 2 amide bonds. The van der Waals surface area contributed by atoms with Crippen LogP contribution >= 0.6 is 0 Å². The van der Waals surface area contributed by atoms with E-state index in [2.05, 4.69) is 5.32 Å². The van der Waals surface area contributed by atoms with Crippen molar-refractivity contribution in [1.82, 2.24) is 10.2 Å². The number of carbonyl (C=O) groups is 2. The van der Waals surface area contributed by atoms with Crippen LogP contribution in [0.4, 0.5) is 10.1 Å². The molecule has 0 aliphatic heterocycles. The van der Waals surface area contributed by atoms with Crippen molar-refractivity contribution in [1.29, 1.82) is 0 Å². The number of sulfonamides is 1. The Balaban J connectivity index is 2.36. The van der Waals surface area contributed by atoms with Gasteiger partial charge in [-0.05, 0) is 57.0 Å². The van der Waals surface area contributed by atoms with E-state index >= 15 is 0 Å². The van der Waals surface area contributed by atoms with Crippen molar-refractivity contribution < 1.29 is 22.4 Å². The van der Waals surface area contributed by atoms with Gasteiger partial charge in [-0.3, -0.25) is 13.9 Å². The maximum absolute atomic E-state index is 13.4. The van der Waals surface area contributed by atoms with Gasteiger partial charge in [0.25, 0.3) is 0 Å². The monoisotopic (exact) mass is 477 g/mol. The first-order valence-electron chi connectivity index (χ1n) is 10.8. The fourth-order valence-corrected chi connectivity index (χ4v) is 4.01. The summed E-state index contributed by atoms with van der Waals surface area (Å²) in [5.41, 5.74) is 1.93. The lowest BCUT2D eigenvalue weighted by molar-refractivity contribution is -0.139. The van der Waals surface area contributed by atoms with Crippen LogP contribution in [0.2, 0.25) is 0 Å². The summed E-state index contributed by atoms with van der Waals surface area (Å²) in [6.45, 7) is 6.82. The van der Waals surface area contributed by atoms with E-state index in [9.17, 15) is 22.4 Å². The molecule has 0 heterocycles. The number of aryl methyl sites for hydroxylation is 1. The van der Waals surface area contributed by atoms with E-state index in [0.29, 0.717) is 11.3 Å². The number of nitrogens with one attached hydrogen (secondary N) is 1. The lowest BCUT2D eigenvalue weighted by atomic mass is 10.1. The second-order valence-electron chi connectivity index (χ2n) is 8.25. The third kappa shape index (κ3) is 7.56. The summed E-state index contributed by atoms with van der Waals surface area (Å²) >= 11 is 0. The molecular formula is C24H32FN3O4S. The van der Waals surface area contributed by atoms with Gasteiger partial charge in [0.2, 0.25) is 21.8 Å². The molecule has 0 radical (unpaired) electrons. The van der Waals surface area contributed by atoms with E-state index in [4.69, 9.17) is 0 Å². The largest absolute Gasteiger partial charge is 0.352 e. The highest BCUT2D eigenvalue weighted by Gasteiger charge is 2.30. The molecule has 0 bridgehead atoms. The van der Waals surface area contributed by atoms with Gasteiger partial charge in [-0.25, -0.2) is 12.8 Å². The molecule has 0 spiro atoms. The summed E-state index contributed by atoms with van der Waals surface area (Å²) < 4.78 is 39.4. The first-order valence-corrected chi connectivity index (χ1v) is 12.7. The van der Waals surface area contributed by atoms with Crippen molar-refractivity contribution >= 4 is 27.5 Å². The molecule has 2 atom stereocenters. The Kier molecular flexibility index (Phi) is 8.99. The summed E-state index contributed by atoms with van der Waals surface area (Å²) in [5, 5.41) is 2.86. The molecule has 180 valence electrons. The first kappa shape index (κ1) is 26.3. The normalized spacial score (nSPS) is 13.2. The molecule has 0 aliphatic rings. The number of benzene rings is 2. The van der Waals surface area contributed by atoms with Gasteiger partial charge in [0.1, 0.15) is 18.4 Å². The van der Waals surface area contributed by atoms with Crippen LogP contribution in [0.25, 0.3) is 0 Å². The second-order valence-corrected chi connectivity index (χ2v) is 10.2. The van der Waals surface area contributed by atoms with Gasteiger partial charge in [0, 0.05) is 12.6 Å². The fraction of sp³-hybridized carbons (Fsp3) is 0.417. The molecule has 2 rings (SSSR count). The van der Waals surface area contributed by atoms with Crippen LogP contribution < -0.4 is 9.62 Å². The van der Waals surface area contributed by atoms with Gasteiger partial charge < -0.3 is 10.2 Å². The average Bonchev–Trinajstić information content (AvgIpc) is 2.76. The number of rotatable bonds is 10. The van der Waals surface area contributed by atoms with E-state index in [0.717, 1.165) is 22.5 Å². The standard InChI is InChI=1S/C24H32FN3O4S/c1-6-18(3)26-24(30)19(4)27(15-20-9-11-21(25)12-10-20)23(29)16-28(33(5,31)32)22-13-7-17(2)8-14-22/h7-14,18-19H,6,15-16H2,1-5H3,(H,26,30)/t18-,19+/m0/s1. The minimum absolute atomic E-state index is 0.0275. The minimum atomic E-state index is -3.77. The third-order valence-electron chi connectivity index (χ3n) is 5.44. The predicted octanol–water partition coefficient (Wildman–Crippen LogP) is 3.23. The first-order chi connectivity index (χ1) is 15.4. The van der Waals surface area contributed by atoms with Crippen molar-refractivity contribution in [2.24, 2.45) is 0 Å². The molecule has 2 aromatic carbocycles. The van der Waals surface area contributed by atoms with Crippen molar-refractivity contribution in [3.05, 3.63) is 65.5 Å². The molecule has 7 nitrogen and oxygen atoms in total. The Morgan fingerprint density at radius 2 is 1.61 bits per heavy atom. The van der Waals surface area contributed by atoms with E-state index in [-0.39, 0.29) is 18.5 Å². The molecule has 33 heavy (non-hydrogen) atoms. The van der Waals surface area contributed by atoms with Gasteiger partial charge >= 0.3 is 0 Å². The Bertz CT molecular complexity index is 1060.